The molecule has 0 aromatic heterocycles. The molecule has 0 radical (unpaired) electrons. The summed E-state index contributed by atoms with van der Waals surface area (Å²) in [4.78, 5) is 12.2. The molecule has 2 rings (SSSR count). The van der Waals surface area contributed by atoms with Crippen molar-refractivity contribution in [1.82, 2.24) is 0 Å². The molecule has 4 nitrogen and oxygen atoms in total. The number of carbonyl (C=O) groups excluding carboxylic acids is 1. The van der Waals surface area contributed by atoms with Gasteiger partial charge in [-0.2, -0.15) is 0 Å². The van der Waals surface area contributed by atoms with Crippen LogP contribution >= 0.6 is 0 Å². The minimum absolute atomic E-state index is 0.188. The summed E-state index contributed by atoms with van der Waals surface area (Å²) in [6.45, 7) is 5.73. The summed E-state index contributed by atoms with van der Waals surface area (Å²) in [6, 6.07) is 13.2. The van der Waals surface area contributed by atoms with E-state index >= 15 is 0 Å². The fourth-order valence-electron chi connectivity index (χ4n) is 2.12. The number of rotatable bonds is 5. The van der Waals surface area contributed by atoms with Crippen molar-refractivity contribution < 1.29 is 9.53 Å². The lowest BCUT2D eigenvalue weighted by Gasteiger charge is -2.16. The highest BCUT2D eigenvalue weighted by atomic mass is 16.5. The Morgan fingerprint density at radius 3 is 2.50 bits per heavy atom. The minimum Gasteiger partial charge on any atom is -0.481 e. The van der Waals surface area contributed by atoms with Crippen molar-refractivity contribution in [3.63, 3.8) is 0 Å². The Kier molecular flexibility index (Phi) is 5.04. The third-order valence-electron chi connectivity index (χ3n) is 3.52. The lowest BCUT2D eigenvalue weighted by atomic mass is 10.1. The highest BCUT2D eigenvalue weighted by Crippen LogP contribution is 2.19. The van der Waals surface area contributed by atoms with Gasteiger partial charge in [-0.15, -0.1) is 0 Å². The van der Waals surface area contributed by atoms with Crippen LogP contribution in [0.2, 0.25) is 0 Å². The summed E-state index contributed by atoms with van der Waals surface area (Å²) in [7, 11) is 0. The number of benzene rings is 2. The monoisotopic (exact) mass is 298 g/mol. The molecule has 1 atom stereocenters. The van der Waals surface area contributed by atoms with Crippen LogP contribution in [0.3, 0.4) is 0 Å². The van der Waals surface area contributed by atoms with Gasteiger partial charge in [0.25, 0.3) is 5.91 Å². The zero-order valence-corrected chi connectivity index (χ0v) is 13.2. The molecule has 2 aromatic carbocycles. The van der Waals surface area contributed by atoms with Crippen molar-refractivity contribution in [2.45, 2.75) is 33.3 Å². The summed E-state index contributed by atoms with van der Waals surface area (Å²) in [5.41, 5.74) is 9.29. The second-order valence-corrected chi connectivity index (χ2v) is 5.32. The first-order valence-corrected chi connectivity index (χ1v) is 7.42. The van der Waals surface area contributed by atoms with Crippen molar-refractivity contribution in [3.8, 4) is 5.75 Å². The van der Waals surface area contributed by atoms with Crippen LogP contribution in [0.4, 0.5) is 11.4 Å². The Hall–Kier alpha value is -2.49. The average molecular weight is 298 g/mol. The number of hydrogen-bond acceptors (Lipinski definition) is 3. The Labute approximate surface area is 131 Å². The highest BCUT2D eigenvalue weighted by Gasteiger charge is 2.15. The molecule has 0 fully saturated rings. The highest BCUT2D eigenvalue weighted by molar-refractivity contribution is 5.94. The number of ether oxygens (including phenoxy) is 1. The Bertz CT molecular complexity index is 651. The van der Waals surface area contributed by atoms with Crippen LogP contribution < -0.4 is 15.8 Å². The number of nitrogen functional groups attached to an aromatic ring is 1. The van der Waals surface area contributed by atoms with Gasteiger partial charge in [0.1, 0.15) is 5.75 Å². The molecule has 0 bridgehead atoms. The van der Waals surface area contributed by atoms with Crippen LogP contribution in [0.15, 0.2) is 42.5 Å². The van der Waals surface area contributed by atoms with Crippen molar-refractivity contribution in [1.29, 1.82) is 0 Å². The smallest absolute Gasteiger partial charge is 0.265 e. The first-order valence-electron chi connectivity index (χ1n) is 7.42. The predicted octanol–water partition coefficient (Wildman–Crippen LogP) is 3.55. The van der Waals surface area contributed by atoms with Gasteiger partial charge in [-0.25, -0.2) is 0 Å². The molecule has 0 heterocycles. The maximum absolute atomic E-state index is 12.2. The summed E-state index contributed by atoms with van der Waals surface area (Å²) >= 11 is 0. The van der Waals surface area contributed by atoms with Gasteiger partial charge in [0.15, 0.2) is 6.10 Å². The SMILES string of the molecule is CCc1ccc(OC(C)C(=O)Nc2ccc(N)cc2C)cc1. The lowest BCUT2D eigenvalue weighted by Crippen LogP contribution is -2.30. The molecule has 0 spiro atoms. The molecule has 4 heteroatoms. The second-order valence-electron chi connectivity index (χ2n) is 5.32. The van der Waals surface area contributed by atoms with Crippen LogP contribution in [0, 0.1) is 6.92 Å². The molecule has 0 aliphatic rings. The Morgan fingerprint density at radius 1 is 1.23 bits per heavy atom. The Morgan fingerprint density at radius 2 is 1.91 bits per heavy atom. The Balaban J connectivity index is 1.99. The van der Waals surface area contributed by atoms with E-state index in [2.05, 4.69) is 12.2 Å². The second kappa shape index (κ2) is 6.98. The van der Waals surface area contributed by atoms with Gasteiger partial charge in [-0.05, 0) is 61.7 Å². The molecule has 1 amide bonds. The quantitative estimate of drug-likeness (QED) is 0.830. The fourth-order valence-corrected chi connectivity index (χ4v) is 2.12. The van der Waals surface area contributed by atoms with Crippen LogP contribution in [0.5, 0.6) is 5.75 Å². The summed E-state index contributed by atoms with van der Waals surface area (Å²) < 4.78 is 5.67. The summed E-state index contributed by atoms with van der Waals surface area (Å²) in [5.74, 6) is 0.501. The third kappa shape index (κ3) is 4.01. The van der Waals surface area contributed by atoms with E-state index in [1.165, 1.54) is 5.56 Å². The molecule has 0 saturated heterocycles. The zero-order valence-electron chi connectivity index (χ0n) is 13.2. The predicted molar refractivity (Wildman–Crippen MR) is 90.1 cm³/mol. The van der Waals surface area contributed by atoms with Crippen LogP contribution in [-0.4, -0.2) is 12.0 Å². The molecule has 1 unspecified atom stereocenters. The number of nitrogens with one attached hydrogen (secondary N) is 1. The molecule has 2 aromatic rings. The molecule has 0 aliphatic carbocycles. The standard InChI is InChI=1S/C18H22N2O2/c1-4-14-5-8-16(9-6-14)22-13(3)18(21)20-17-10-7-15(19)11-12(17)2/h5-11,13H,4,19H2,1-3H3,(H,20,21). The number of nitrogens with two attached hydrogens (primary N) is 1. The molecular weight excluding hydrogens is 276 g/mol. The number of carbonyl (C=O) groups is 1. The van der Waals surface area contributed by atoms with E-state index in [4.69, 9.17) is 10.5 Å². The zero-order chi connectivity index (χ0) is 16.1. The van der Waals surface area contributed by atoms with Crippen LogP contribution in [0.1, 0.15) is 25.0 Å². The van der Waals surface area contributed by atoms with Gasteiger partial charge in [0, 0.05) is 11.4 Å². The van der Waals surface area contributed by atoms with E-state index in [0.717, 1.165) is 17.7 Å². The van der Waals surface area contributed by atoms with Crippen molar-refractivity contribution in [3.05, 3.63) is 53.6 Å². The topological polar surface area (TPSA) is 64.3 Å². The van der Waals surface area contributed by atoms with Crippen molar-refractivity contribution in [2.75, 3.05) is 11.1 Å². The largest absolute Gasteiger partial charge is 0.481 e. The van der Waals surface area contributed by atoms with Crippen LogP contribution in [0.25, 0.3) is 0 Å². The van der Waals surface area contributed by atoms with Crippen LogP contribution in [-0.2, 0) is 11.2 Å². The van der Waals surface area contributed by atoms with Gasteiger partial charge in [0.05, 0.1) is 0 Å². The number of aryl methyl sites for hydroxylation is 2. The number of amides is 1. The lowest BCUT2D eigenvalue weighted by molar-refractivity contribution is -0.122. The maximum atomic E-state index is 12.2. The number of hydrogen-bond donors (Lipinski definition) is 2. The van der Waals surface area contributed by atoms with E-state index in [1.54, 1.807) is 19.1 Å². The van der Waals surface area contributed by atoms with Crippen molar-refractivity contribution in [2.24, 2.45) is 0 Å². The third-order valence-corrected chi connectivity index (χ3v) is 3.52. The van der Waals surface area contributed by atoms with Gasteiger partial charge < -0.3 is 15.8 Å². The van der Waals surface area contributed by atoms with E-state index in [9.17, 15) is 4.79 Å². The minimum atomic E-state index is -0.579. The molecule has 22 heavy (non-hydrogen) atoms. The molecule has 0 saturated carbocycles. The van der Waals surface area contributed by atoms with Gasteiger partial charge in [-0.3, -0.25) is 4.79 Å². The molecule has 3 N–H and O–H groups in total. The van der Waals surface area contributed by atoms with Gasteiger partial charge >= 0.3 is 0 Å². The molecule has 0 aliphatic heterocycles. The summed E-state index contributed by atoms with van der Waals surface area (Å²) in [6.07, 6.45) is 0.400. The average Bonchev–Trinajstić information content (AvgIpc) is 2.50. The molecular formula is C18H22N2O2. The first-order chi connectivity index (χ1) is 10.5. The number of anilines is 2. The fraction of sp³-hybridized carbons (Fsp3) is 0.278. The summed E-state index contributed by atoms with van der Waals surface area (Å²) in [5, 5.41) is 2.86. The van der Waals surface area contributed by atoms with E-state index in [1.807, 2.05) is 37.3 Å². The first kappa shape index (κ1) is 15.9. The molecule has 116 valence electrons. The normalized spacial score (nSPS) is 11.8. The van der Waals surface area contributed by atoms with E-state index < -0.39 is 6.10 Å². The van der Waals surface area contributed by atoms with Crippen molar-refractivity contribution >= 4 is 17.3 Å². The van der Waals surface area contributed by atoms with Gasteiger partial charge in [0.2, 0.25) is 0 Å². The van der Waals surface area contributed by atoms with E-state index in [0.29, 0.717) is 11.4 Å². The van der Waals surface area contributed by atoms with Gasteiger partial charge in [-0.1, -0.05) is 19.1 Å². The van der Waals surface area contributed by atoms with E-state index in [-0.39, 0.29) is 5.91 Å². The maximum Gasteiger partial charge on any atom is 0.265 e.